The summed E-state index contributed by atoms with van der Waals surface area (Å²) >= 11 is 6.21. The lowest BCUT2D eigenvalue weighted by molar-refractivity contribution is 0.0160. The van der Waals surface area contributed by atoms with E-state index in [2.05, 4.69) is 0 Å². The van der Waals surface area contributed by atoms with Crippen molar-refractivity contribution in [2.45, 2.75) is 45.8 Å². The molecule has 4 heteroatoms. The topological polar surface area (TPSA) is 29.5 Å². The highest BCUT2D eigenvalue weighted by atomic mass is 35.5. The Hall–Kier alpha value is -1.22. The number of halogens is 1. The summed E-state index contributed by atoms with van der Waals surface area (Å²) < 4.78 is 5.45. The third-order valence-corrected chi connectivity index (χ3v) is 3.66. The van der Waals surface area contributed by atoms with Crippen LogP contribution in [0.3, 0.4) is 0 Å². The molecule has 1 heterocycles. The molecule has 3 nitrogen and oxygen atoms in total. The van der Waals surface area contributed by atoms with Crippen LogP contribution in [0, 0.1) is 0 Å². The molecule has 1 aromatic carbocycles. The van der Waals surface area contributed by atoms with Gasteiger partial charge in [0.2, 0.25) is 0 Å². The minimum atomic E-state index is -0.467. The molecule has 0 spiro atoms. The van der Waals surface area contributed by atoms with Crippen molar-refractivity contribution in [1.82, 2.24) is 4.90 Å². The van der Waals surface area contributed by atoms with Crippen molar-refractivity contribution >= 4 is 17.7 Å². The molecule has 0 N–H and O–H groups in total. The van der Waals surface area contributed by atoms with Crippen molar-refractivity contribution in [2.75, 3.05) is 6.54 Å². The number of benzene rings is 1. The van der Waals surface area contributed by atoms with Crippen molar-refractivity contribution in [3.63, 3.8) is 0 Å². The quantitative estimate of drug-likeness (QED) is 0.713. The molecule has 0 fully saturated rings. The fraction of sp³-hybridized carbons (Fsp3) is 0.533. The highest BCUT2D eigenvalue weighted by molar-refractivity contribution is 6.31. The largest absolute Gasteiger partial charge is 0.444 e. The molecule has 0 saturated heterocycles. The summed E-state index contributed by atoms with van der Waals surface area (Å²) in [6, 6.07) is 5.85. The number of hydrogen-bond acceptors (Lipinski definition) is 2. The third-order valence-electron chi connectivity index (χ3n) is 3.30. The minimum Gasteiger partial charge on any atom is -0.444 e. The lowest BCUT2D eigenvalue weighted by Crippen LogP contribution is -2.42. The Balaban J connectivity index is 2.22. The molecule has 1 aliphatic rings. The standard InChI is InChI=1S/C15H20ClNO2/c1-10-11-6-5-7-13(16)12(11)8-9-17(10)14(18)19-15(2,3)4/h5-7,10H,8-9H2,1-4H3. The van der Waals surface area contributed by atoms with E-state index in [0.29, 0.717) is 6.54 Å². The monoisotopic (exact) mass is 281 g/mol. The van der Waals surface area contributed by atoms with Crippen LogP contribution in [0.15, 0.2) is 18.2 Å². The number of carbonyl (C=O) groups excluding carboxylic acids is 1. The van der Waals surface area contributed by atoms with Crippen molar-refractivity contribution in [3.8, 4) is 0 Å². The van der Waals surface area contributed by atoms with Gasteiger partial charge in [-0.25, -0.2) is 4.79 Å². The van der Waals surface area contributed by atoms with Crippen molar-refractivity contribution in [2.24, 2.45) is 0 Å². The Morgan fingerprint density at radius 2 is 2.11 bits per heavy atom. The number of amides is 1. The first-order chi connectivity index (χ1) is 8.79. The predicted molar refractivity (Wildman–Crippen MR) is 76.5 cm³/mol. The summed E-state index contributed by atoms with van der Waals surface area (Å²) in [5, 5.41) is 0.785. The maximum atomic E-state index is 12.2. The first-order valence-electron chi connectivity index (χ1n) is 6.56. The van der Waals surface area contributed by atoms with Crippen LogP contribution in [-0.2, 0) is 11.2 Å². The molecule has 1 amide bonds. The highest BCUT2D eigenvalue weighted by Gasteiger charge is 2.31. The molecule has 104 valence electrons. The summed E-state index contributed by atoms with van der Waals surface area (Å²) in [6.07, 6.45) is 0.518. The van der Waals surface area contributed by atoms with E-state index < -0.39 is 5.60 Å². The van der Waals surface area contributed by atoms with Crippen molar-refractivity contribution < 1.29 is 9.53 Å². The van der Waals surface area contributed by atoms with Gasteiger partial charge in [0.15, 0.2) is 0 Å². The lowest BCUT2D eigenvalue weighted by atomic mass is 9.94. The van der Waals surface area contributed by atoms with Gasteiger partial charge in [0, 0.05) is 11.6 Å². The van der Waals surface area contributed by atoms with E-state index in [4.69, 9.17) is 16.3 Å². The average Bonchev–Trinajstić information content (AvgIpc) is 2.28. The summed E-state index contributed by atoms with van der Waals surface area (Å²) in [4.78, 5) is 14.0. The molecule has 2 rings (SSSR count). The molecular formula is C15H20ClNO2. The van der Waals surface area contributed by atoms with Gasteiger partial charge in [-0.15, -0.1) is 0 Å². The zero-order valence-electron chi connectivity index (χ0n) is 11.9. The Bertz CT molecular complexity index is 493. The van der Waals surface area contributed by atoms with Crippen molar-refractivity contribution in [1.29, 1.82) is 0 Å². The molecule has 1 atom stereocenters. The minimum absolute atomic E-state index is 0.00250. The van der Waals surface area contributed by atoms with Crippen LogP contribution in [0.4, 0.5) is 4.79 Å². The third kappa shape index (κ3) is 3.03. The van der Waals surface area contributed by atoms with Crippen LogP contribution in [-0.4, -0.2) is 23.1 Å². The van der Waals surface area contributed by atoms with E-state index in [1.807, 2.05) is 45.9 Å². The van der Waals surface area contributed by atoms with Crippen LogP contribution < -0.4 is 0 Å². The number of fused-ring (bicyclic) bond motifs is 1. The van der Waals surface area contributed by atoms with E-state index in [1.165, 1.54) is 0 Å². The lowest BCUT2D eigenvalue weighted by Gasteiger charge is -2.36. The molecule has 19 heavy (non-hydrogen) atoms. The SMILES string of the molecule is CC1c2cccc(Cl)c2CCN1C(=O)OC(C)(C)C. The van der Waals surface area contributed by atoms with E-state index in [1.54, 1.807) is 4.90 Å². The van der Waals surface area contributed by atoms with Gasteiger partial charge in [-0.3, -0.25) is 0 Å². The first-order valence-corrected chi connectivity index (χ1v) is 6.94. The Kier molecular flexibility index (Phi) is 3.77. The molecule has 0 saturated carbocycles. The molecule has 0 aliphatic carbocycles. The van der Waals surface area contributed by atoms with Crippen LogP contribution in [0.5, 0.6) is 0 Å². The van der Waals surface area contributed by atoms with Gasteiger partial charge in [0.1, 0.15) is 5.60 Å². The number of ether oxygens (including phenoxy) is 1. The zero-order chi connectivity index (χ0) is 14.2. The Labute approximate surface area is 119 Å². The maximum Gasteiger partial charge on any atom is 0.410 e. The Morgan fingerprint density at radius 1 is 1.42 bits per heavy atom. The molecule has 0 radical (unpaired) electrons. The van der Waals surface area contributed by atoms with Gasteiger partial charge < -0.3 is 9.64 Å². The first kappa shape index (κ1) is 14.2. The highest BCUT2D eigenvalue weighted by Crippen LogP contribution is 2.34. The van der Waals surface area contributed by atoms with Gasteiger partial charge >= 0.3 is 6.09 Å². The molecule has 1 unspecified atom stereocenters. The average molecular weight is 282 g/mol. The fourth-order valence-corrected chi connectivity index (χ4v) is 2.67. The molecule has 1 aliphatic heterocycles. The fourth-order valence-electron chi connectivity index (χ4n) is 2.39. The number of nitrogens with zero attached hydrogens (tertiary/aromatic N) is 1. The summed E-state index contributed by atoms with van der Waals surface area (Å²) in [7, 11) is 0. The van der Waals surface area contributed by atoms with Crippen LogP contribution in [0.2, 0.25) is 5.02 Å². The zero-order valence-corrected chi connectivity index (χ0v) is 12.6. The summed E-state index contributed by atoms with van der Waals surface area (Å²) in [6.45, 7) is 8.30. The van der Waals surface area contributed by atoms with Crippen LogP contribution >= 0.6 is 11.6 Å². The molecule has 1 aromatic rings. The van der Waals surface area contributed by atoms with Gasteiger partial charge in [0.25, 0.3) is 0 Å². The summed E-state index contributed by atoms with van der Waals surface area (Å²) in [5.74, 6) is 0. The Morgan fingerprint density at radius 3 is 2.74 bits per heavy atom. The summed E-state index contributed by atoms with van der Waals surface area (Å²) in [5.41, 5.74) is 1.80. The van der Waals surface area contributed by atoms with E-state index >= 15 is 0 Å². The van der Waals surface area contributed by atoms with Gasteiger partial charge in [-0.2, -0.15) is 0 Å². The number of hydrogen-bond donors (Lipinski definition) is 0. The second-order valence-electron chi connectivity index (χ2n) is 5.91. The van der Waals surface area contributed by atoms with Gasteiger partial charge in [-0.05, 0) is 51.3 Å². The van der Waals surface area contributed by atoms with Crippen LogP contribution in [0.1, 0.15) is 44.9 Å². The molecule has 0 aromatic heterocycles. The number of carbonyl (C=O) groups is 1. The predicted octanol–water partition coefficient (Wildman–Crippen LogP) is 4.19. The van der Waals surface area contributed by atoms with E-state index in [9.17, 15) is 4.79 Å². The van der Waals surface area contributed by atoms with Gasteiger partial charge in [0.05, 0.1) is 6.04 Å². The van der Waals surface area contributed by atoms with Crippen LogP contribution in [0.25, 0.3) is 0 Å². The van der Waals surface area contributed by atoms with Crippen molar-refractivity contribution in [3.05, 3.63) is 34.3 Å². The van der Waals surface area contributed by atoms with E-state index in [-0.39, 0.29) is 12.1 Å². The second kappa shape index (κ2) is 5.04. The number of rotatable bonds is 0. The second-order valence-corrected chi connectivity index (χ2v) is 6.31. The van der Waals surface area contributed by atoms with E-state index in [0.717, 1.165) is 22.6 Å². The molecular weight excluding hydrogens is 262 g/mol. The normalized spacial score (nSPS) is 19.0. The maximum absolute atomic E-state index is 12.2. The molecule has 0 bridgehead atoms. The smallest absolute Gasteiger partial charge is 0.410 e. The van der Waals surface area contributed by atoms with Gasteiger partial charge in [-0.1, -0.05) is 23.7 Å².